The van der Waals surface area contributed by atoms with E-state index in [0.29, 0.717) is 10.6 Å². The summed E-state index contributed by atoms with van der Waals surface area (Å²) >= 11 is 1.30. The second-order valence-corrected chi connectivity index (χ2v) is 6.97. The summed E-state index contributed by atoms with van der Waals surface area (Å²) in [5.41, 5.74) is 2.19. The van der Waals surface area contributed by atoms with Crippen molar-refractivity contribution in [3.8, 4) is 0 Å². The first kappa shape index (κ1) is 19.5. The van der Waals surface area contributed by atoms with Crippen LogP contribution in [0.2, 0.25) is 0 Å². The van der Waals surface area contributed by atoms with Crippen LogP contribution in [0.5, 0.6) is 0 Å². The Morgan fingerprint density at radius 2 is 1.64 bits per heavy atom. The third-order valence-electron chi connectivity index (χ3n) is 4.12. The highest BCUT2D eigenvalue weighted by atomic mass is 32.1. The van der Waals surface area contributed by atoms with Crippen LogP contribution in [0.3, 0.4) is 0 Å². The number of amides is 1. The van der Waals surface area contributed by atoms with E-state index in [1.807, 2.05) is 19.1 Å². The lowest BCUT2D eigenvalue weighted by atomic mass is 10.0. The van der Waals surface area contributed by atoms with E-state index in [1.165, 1.54) is 17.4 Å². The van der Waals surface area contributed by atoms with Crippen molar-refractivity contribution in [2.24, 2.45) is 0 Å². The smallest absolute Gasteiger partial charge is 0.339 e. The monoisotopic (exact) mass is 393 g/mol. The molecule has 0 spiro atoms. The van der Waals surface area contributed by atoms with Crippen molar-refractivity contribution < 1.29 is 19.1 Å². The van der Waals surface area contributed by atoms with E-state index in [4.69, 9.17) is 4.74 Å². The normalized spacial score (nSPS) is 10.3. The molecule has 6 heteroatoms. The van der Waals surface area contributed by atoms with E-state index in [1.54, 1.807) is 47.8 Å². The summed E-state index contributed by atoms with van der Waals surface area (Å²) in [6.07, 6.45) is 0.912. The summed E-state index contributed by atoms with van der Waals surface area (Å²) in [5, 5.41) is 4.48. The molecule has 0 radical (unpaired) electrons. The minimum atomic E-state index is -0.711. The largest absolute Gasteiger partial charge is 0.452 e. The first-order valence-corrected chi connectivity index (χ1v) is 9.69. The molecule has 5 nitrogen and oxygen atoms in total. The average Bonchev–Trinajstić information content (AvgIpc) is 3.27. The van der Waals surface area contributed by atoms with Gasteiger partial charge in [-0.3, -0.25) is 9.59 Å². The molecule has 3 rings (SSSR count). The molecule has 1 heterocycles. The van der Waals surface area contributed by atoms with E-state index in [9.17, 15) is 14.4 Å². The maximum absolute atomic E-state index is 12.6. The number of nitrogens with one attached hydrogen (secondary N) is 1. The minimum Gasteiger partial charge on any atom is -0.452 e. The average molecular weight is 393 g/mol. The third kappa shape index (κ3) is 4.72. The van der Waals surface area contributed by atoms with Crippen LogP contribution in [0.4, 0.5) is 5.69 Å². The minimum absolute atomic E-state index is 0.140. The number of thiophene rings is 1. The number of ether oxygens (including phenoxy) is 1. The molecule has 0 aliphatic rings. The summed E-state index contributed by atoms with van der Waals surface area (Å²) in [5.74, 6) is -1.40. The van der Waals surface area contributed by atoms with Gasteiger partial charge < -0.3 is 10.1 Å². The molecule has 0 bridgehead atoms. The van der Waals surface area contributed by atoms with E-state index < -0.39 is 18.5 Å². The molecule has 0 unspecified atom stereocenters. The Morgan fingerprint density at radius 1 is 0.929 bits per heavy atom. The molecule has 0 aliphatic heterocycles. The van der Waals surface area contributed by atoms with Gasteiger partial charge in [0.15, 0.2) is 6.61 Å². The number of benzene rings is 2. The van der Waals surface area contributed by atoms with Crippen LogP contribution in [0, 0.1) is 0 Å². The lowest BCUT2D eigenvalue weighted by Gasteiger charge is -2.09. The van der Waals surface area contributed by atoms with Gasteiger partial charge >= 0.3 is 5.97 Å². The highest BCUT2D eigenvalue weighted by Crippen LogP contribution is 2.19. The number of rotatable bonds is 7. The molecule has 0 saturated heterocycles. The summed E-state index contributed by atoms with van der Waals surface area (Å²) in [6, 6.07) is 17.4. The molecule has 1 N–H and O–H groups in total. The summed E-state index contributed by atoms with van der Waals surface area (Å²) in [7, 11) is 0. The van der Waals surface area contributed by atoms with Crippen LogP contribution in [0.25, 0.3) is 0 Å². The fraction of sp³-hybridized carbons (Fsp3) is 0.136. The van der Waals surface area contributed by atoms with Gasteiger partial charge in [0.2, 0.25) is 5.78 Å². The zero-order valence-corrected chi connectivity index (χ0v) is 16.1. The summed E-state index contributed by atoms with van der Waals surface area (Å²) in [4.78, 5) is 37.6. The maximum atomic E-state index is 12.6. The number of hydrogen-bond donors (Lipinski definition) is 1. The highest BCUT2D eigenvalue weighted by Gasteiger charge is 2.20. The number of aryl methyl sites for hydroxylation is 1. The summed E-state index contributed by atoms with van der Waals surface area (Å²) in [6.45, 7) is 1.62. The molecule has 0 saturated carbocycles. The van der Waals surface area contributed by atoms with Crippen molar-refractivity contribution in [1.82, 2.24) is 0 Å². The zero-order valence-electron chi connectivity index (χ0n) is 15.3. The van der Waals surface area contributed by atoms with Gasteiger partial charge in [0.1, 0.15) is 0 Å². The van der Waals surface area contributed by atoms with Crippen molar-refractivity contribution in [2.75, 3.05) is 11.9 Å². The Kier molecular flexibility index (Phi) is 6.34. The number of esters is 1. The molecule has 0 fully saturated rings. The molecule has 142 valence electrons. The van der Waals surface area contributed by atoms with Gasteiger partial charge in [0, 0.05) is 11.3 Å². The molecule has 3 aromatic rings. The lowest BCUT2D eigenvalue weighted by molar-refractivity contribution is -0.119. The number of hydrogen-bond acceptors (Lipinski definition) is 5. The Morgan fingerprint density at radius 3 is 2.29 bits per heavy atom. The van der Waals surface area contributed by atoms with Gasteiger partial charge in [-0.2, -0.15) is 0 Å². The second kappa shape index (κ2) is 9.10. The fourth-order valence-electron chi connectivity index (χ4n) is 2.63. The van der Waals surface area contributed by atoms with Crippen molar-refractivity contribution >= 4 is 34.7 Å². The van der Waals surface area contributed by atoms with Crippen LogP contribution in [-0.4, -0.2) is 24.3 Å². The molecule has 28 heavy (non-hydrogen) atoms. The van der Waals surface area contributed by atoms with E-state index in [2.05, 4.69) is 5.32 Å². The van der Waals surface area contributed by atoms with Crippen molar-refractivity contribution in [1.29, 1.82) is 0 Å². The maximum Gasteiger partial charge on any atom is 0.339 e. The topological polar surface area (TPSA) is 72.5 Å². The first-order valence-electron chi connectivity index (χ1n) is 8.81. The van der Waals surface area contributed by atoms with E-state index in [0.717, 1.165) is 12.0 Å². The summed E-state index contributed by atoms with van der Waals surface area (Å²) < 4.78 is 5.12. The van der Waals surface area contributed by atoms with Crippen LogP contribution in [0.1, 0.15) is 38.1 Å². The van der Waals surface area contributed by atoms with Gasteiger partial charge in [0.25, 0.3) is 5.91 Å². The Labute approximate surface area is 167 Å². The number of carbonyl (C=O) groups is 3. The molecule has 1 amide bonds. The van der Waals surface area contributed by atoms with E-state index in [-0.39, 0.29) is 16.9 Å². The quantitative estimate of drug-likeness (QED) is 0.479. The highest BCUT2D eigenvalue weighted by molar-refractivity contribution is 7.12. The third-order valence-corrected chi connectivity index (χ3v) is 4.99. The number of ketones is 1. The van der Waals surface area contributed by atoms with Crippen molar-refractivity contribution in [3.63, 3.8) is 0 Å². The van der Waals surface area contributed by atoms with Crippen LogP contribution in [0.15, 0.2) is 66.0 Å². The van der Waals surface area contributed by atoms with Crippen LogP contribution in [-0.2, 0) is 16.0 Å². The molecule has 0 aliphatic carbocycles. The second-order valence-electron chi connectivity index (χ2n) is 6.03. The Balaban J connectivity index is 1.63. The van der Waals surface area contributed by atoms with Crippen LogP contribution < -0.4 is 5.32 Å². The first-order chi connectivity index (χ1) is 13.6. The zero-order chi connectivity index (χ0) is 19.9. The lowest BCUT2D eigenvalue weighted by Crippen LogP contribution is -2.22. The van der Waals surface area contributed by atoms with Crippen molar-refractivity contribution in [3.05, 3.63) is 87.6 Å². The van der Waals surface area contributed by atoms with Gasteiger partial charge in [-0.25, -0.2) is 4.79 Å². The SMILES string of the molecule is CCc1ccc(NC(=O)COC(=O)c2ccccc2C(=O)c2cccs2)cc1. The predicted molar refractivity (Wildman–Crippen MR) is 109 cm³/mol. The number of carbonyl (C=O) groups excluding carboxylic acids is 3. The van der Waals surface area contributed by atoms with Crippen molar-refractivity contribution in [2.45, 2.75) is 13.3 Å². The fourth-order valence-corrected chi connectivity index (χ4v) is 3.31. The predicted octanol–water partition coefficient (Wildman–Crippen LogP) is 4.34. The van der Waals surface area contributed by atoms with Gasteiger partial charge in [-0.1, -0.05) is 43.3 Å². The van der Waals surface area contributed by atoms with Gasteiger partial charge in [-0.05, 0) is 41.6 Å². The molecular weight excluding hydrogens is 374 g/mol. The van der Waals surface area contributed by atoms with Gasteiger partial charge in [-0.15, -0.1) is 11.3 Å². The van der Waals surface area contributed by atoms with E-state index >= 15 is 0 Å². The van der Waals surface area contributed by atoms with Crippen LogP contribution >= 0.6 is 11.3 Å². The van der Waals surface area contributed by atoms with Gasteiger partial charge in [0.05, 0.1) is 10.4 Å². The number of anilines is 1. The standard InChI is InChI=1S/C22H19NO4S/c1-2-15-9-11-16(12-10-15)23-20(24)14-27-22(26)18-7-4-3-6-17(18)21(25)19-8-5-13-28-19/h3-13H,2,14H2,1H3,(H,23,24). The molecule has 1 aromatic heterocycles. The molecular formula is C22H19NO4S. The Bertz CT molecular complexity index is 978. The Hall–Kier alpha value is -3.25. The molecule has 2 aromatic carbocycles. The molecule has 0 atom stereocenters.